The van der Waals surface area contributed by atoms with Crippen molar-refractivity contribution < 1.29 is 4.74 Å². The fourth-order valence-corrected chi connectivity index (χ4v) is 0.998. The first-order valence-electron chi connectivity index (χ1n) is 3.02. The molecule has 1 unspecified atom stereocenters. The van der Waals surface area contributed by atoms with Gasteiger partial charge in [0.05, 0.1) is 6.10 Å². The van der Waals surface area contributed by atoms with Gasteiger partial charge in [0.2, 0.25) is 0 Å². The van der Waals surface area contributed by atoms with Gasteiger partial charge in [0.25, 0.3) is 0 Å². The maximum absolute atomic E-state index is 5.09. The zero-order valence-corrected chi connectivity index (χ0v) is 5.42. The van der Waals surface area contributed by atoms with Crippen LogP contribution in [0.4, 0.5) is 0 Å². The Bertz CT molecular complexity index is 74.9. The van der Waals surface area contributed by atoms with Crippen LogP contribution in [0.3, 0.4) is 0 Å². The Balaban J connectivity index is 2.22. The topological polar surface area (TPSA) is 23.3 Å². The van der Waals surface area contributed by atoms with Crippen molar-refractivity contribution in [2.24, 2.45) is 0 Å². The van der Waals surface area contributed by atoms with E-state index in [9.17, 15) is 0 Å². The summed E-state index contributed by atoms with van der Waals surface area (Å²) in [5.41, 5.74) is 0. The highest BCUT2D eigenvalue weighted by molar-refractivity contribution is 4.77. The van der Waals surface area contributed by atoms with Crippen LogP contribution < -0.4 is 5.32 Å². The molecule has 0 spiro atoms. The molecule has 0 aromatic rings. The molecule has 0 amide bonds. The van der Waals surface area contributed by atoms with Crippen molar-refractivity contribution >= 4 is 0 Å². The van der Waals surface area contributed by atoms with Gasteiger partial charge < -0.3 is 4.74 Å². The third-order valence-corrected chi connectivity index (χ3v) is 1.56. The van der Waals surface area contributed by atoms with Crippen molar-refractivity contribution in [3.05, 3.63) is 0 Å². The predicted octanol–water partition coefficient (Wildman–Crippen LogP) is 0.398. The summed E-state index contributed by atoms with van der Waals surface area (Å²) >= 11 is 0. The second-order valence-electron chi connectivity index (χ2n) is 2.31. The Morgan fingerprint density at radius 3 is 2.62 bits per heavy atom. The molecule has 1 rings (SSSR count). The Hall–Kier alpha value is -0.0800. The molecule has 1 radical (unpaired) electrons. The van der Waals surface area contributed by atoms with Gasteiger partial charge in [0, 0.05) is 19.7 Å². The van der Waals surface area contributed by atoms with Crippen LogP contribution in [0, 0.1) is 0 Å². The van der Waals surface area contributed by atoms with E-state index in [1.807, 2.05) is 0 Å². The summed E-state index contributed by atoms with van der Waals surface area (Å²) in [5.74, 6) is 0. The van der Waals surface area contributed by atoms with E-state index in [1.165, 1.54) is 0 Å². The predicted molar refractivity (Wildman–Crippen MR) is 31.9 cm³/mol. The highest BCUT2D eigenvalue weighted by Crippen LogP contribution is 2.09. The molecule has 0 bridgehead atoms. The standard InChI is InChI=1S/C6H12NO/c1-5-3-6(8-2)4-7-5/h5-6H,3-4H2,1-2H3/t5?,6-/m1/s1. The Labute approximate surface area is 50.2 Å². The van der Waals surface area contributed by atoms with E-state index in [4.69, 9.17) is 4.74 Å². The zero-order valence-electron chi connectivity index (χ0n) is 5.42. The van der Waals surface area contributed by atoms with E-state index in [0.717, 1.165) is 13.0 Å². The highest BCUT2D eigenvalue weighted by Gasteiger charge is 2.20. The molecular weight excluding hydrogens is 102 g/mol. The lowest BCUT2D eigenvalue weighted by Crippen LogP contribution is -2.10. The number of methoxy groups -OCH3 is 1. The first-order chi connectivity index (χ1) is 3.83. The van der Waals surface area contributed by atoms with E-state index in [2.05, 4.69) is 12.2 Å². The molecule has 0 aromatic heterocycles. The van der Waals surface area contributed by atoms with Crippen LogP contribution in [-0.4, -0.2) is 25.8 Å². The summed E-state index contributed by atoms with van der Waals surface area (Å²) in [6.07, 6.45) is 1.52. The van der Waals surface area contributed by atoms with Crippen LogP contribution in [0.5, 0.6) is 0 Å². The minimum atomic E-state index is 0.407. The maximum atomic E-state index is 5.09. The minimum absolute atomic E-state index is 0.407. The van der Waals surface area contributed by atoms with Crippen LogP contribution in [0.2, 0.25) is 0 Å². The lowest BCUT2D eigenvalue weighted by Gasteiger charge is -2.02. The number of hydrogen-bond acceptors (Lipinski definition) is 1. The fraction of sp³-hybridized carbons (Fsp3) is 1.00. The third-order valence-electron chi connectivity index (χ3n) is 1.56. The van der Waals surface area contributed by atoms with Gasteiger partial charge in [-0.3, -0.25) is 0 Å². The van der Waals surface area contributed by atoms with Crippen molar-refractivity contribution in [3.63, 3.8) is 0 Å². The molecule has 1 aliphatic rings. The molecule has 0 aliphatic carbocycles. The molecule has 1 heterocycles. The van der Waals surface area contributed by atoms with Crippen molar-refractivity contribution in [2.45, 2.75) is 25.5 Å². The molecule has 47 valence electrons. The SMILES string of the molecule is CO[C@H]1C[N]C(C)C1. The summed E-state index contributed by atoms with van der Waals surface area (Å²) in [6.45, 7) is 3.02. The first kappa shape index (κ1) is 6.05. The van der Waals surface area contributed by atoms with Gasteiger partial charge in [-0.25, -0.2) is 5.32 Å². The van der Waals surface area contributed by atoms with E-state index >= 15 is 0 Å². The molecule has 8 heavy (non-hydrogen) atoms. The first-order valence-corrected chi connectivity index (χ1v) is 3.02. The van der Waals surface area contributed by atoms with Crippen LogP contribution >= 0.6 is 0 Å². The molecule has 2 nitrogen and oxygen atoms in total. The normalized spacial score (nSPS) is 38.2. The van der Waals surface area contributed by atoms with Gasteiger partial charge in [-0.1, -0.05) is 0 Å². The van der Waals surface area contributed by atoms with E-state index in [1.54, 1.807) is 7.11 Å². The maximum Gasteiger partial charge on any atom is 0.0727 e. The summed E-state index contributed by atoms with van der Waals surface area (Å²) in [7, 11) is 1.75. The molecular formula is C6H12NO. The monoisotopic (exact) mass is 114 g/mol. The summed E-state index contributed by atoms with van der Waals surface area (Å²) < 4.78 is 5.09. The van der Waals surface area contributed by atoms with E-state index < -0.39 is 0 Å². The molecule has 0 aromatic carbocycles. The largest absolute Gasteiger partial charge is 0.380 e. The molecule has 1 aliphatic heterocycles. The van der Waals surface area contributed by atoms with Crippen LogP contribution in [0.15, 0.2) is 0 Å². The molecule has 1 fully saturated rings. The summed E-state index contributed by atoms with van der Waals surface area (Å²) in [6, 6.07) is 0.528. The van der Waals surface area contributed by atoms with Gasteiger partial charge in [-0.05, 0) is 13.3 Å². The van der Waals surface area contributed by atoms with Gasteiger partial charge in [0.1, 0.15) is 0 Å². The Morgan fingerprint density at radius 2 is 2.38 bits per heavy atom. The van der Waals surface area contributed by atoms with Gasteiger partial charge in [0.15, 0.2) is 0 Å². The van der Waals surface area contributed by atoms with Crippen LogP contribution in [0.25, 0.3) is 0 Å². The average molecular weight is 114 g/mol. The average Bonchev–Trinajstić information content (AvgIpc) is 2.14. The van der Waals surface area contributed by atoms with Crippen LogP contribution in [0.1, 0.15) is 13.3 Å². The quantitative estimate of drug-likeness (QED) is 0.484. The van der Waals surface area contributed by atoms with Gasteiger partial charge in [-0.15, -0.1) is 0 Å². The molecule has 0 N–H and O–H groups in total. The zero-order chi connectivity index (χ0) is 5.98. The molecule has 2 atom stereocenters. The summed E-state index contributed by atoms with van der Waals surface area (Å²) in [4.78, 5) is 0. The highest BCUT2D eigenvalue weighted by atomic mass is 16.5. The second kappa shape index (κ2) is 2.46. The van der Waals surface area contributed by atoms with E-state index in [0.29, 0.717) is 12.1 Å². The Kier molecular flexibility index (Phi) is 1.86. The lowest BCUT2D eigenvalue weighted by atomic mass is 10.2. The third kappa shape index (κ3) is 1.20. The molecule has 2 heteroatoms. The molecule has 0 saturated carbocycles. The van der Waals surface area contributed by atoms with Crippen LogP contribution in [-0.2, 0) is 4.74 Å². The second-order valence-corrected chi connectivity index (χ2v) is 2.31. The number of rotatable bonds is 1. The van der Waals surface area contributed by atoms with Crippen molar-refractivity contribution in [1.29, 1.82) is 0 Å². The Morgan fingerprint density at radius 1 is 1.62 bits per heavy atom. The van der Waals surface area contributed by atoms with Gasteiger partial charge >= 0.3 is 0 Å². The van der Waals surface area contributed by atoms with Gasteiger partial charge in [-0.2, -0.15) is 0 Å². The number of nitrogens with zero attached hydrogens (tertiary/aromatic N) is 1. The van der Waals surface area contributed by atoms with E-state index in [-0.39, 0.29) is 0 Å². The van der Waals surface area contributed by atoms with Crippen molar-refractivity contribution in [1.82, 2.24) is 5.32 Å². The number of ether oxygens (including phenoxy) is 1. The fourth-order valence-electron chi connectivity index (χ4n) is 0.998. The molecule has 1 saturated heterocycles. The lowest BCUT2D eigenvalue weighted by molar-refractivity contribution is 0.117. The smallest absolute Gasteiger partial charge is 0.0727 e. The summed E-state index contributed by atoms with van der Waals surface area (Å²) in [5, 5.41) is 4.26. The number of hydrogen-bond donors (Lipinski definition) is 0. The van der Waals surface area contributed by atoms with Crippen molar-refractivity contribution in [2.75, 3.05) is 13.7 Å². The minimum Gasteiger partial charge on any atom is -0.380 e. The van der Waals surface area contributed by atoms with Crippen molar-refractivity contribution in [3.8, 4) is 0 Å².